The van der Waals surface area contributed by atoms with Gasteiger partial charge in [-0.3, -0.25) is 4.40 Å². The van der Waals surface area contributed by atoms with Gasteiger partial charge in [0.05, 0.1) is 39.6 Å². The molecule has 5 nitrogen and oxygen atoms in total. The molecule has 3 rings (SSSR count). The molecule has 2 heterocycles. The van der Waals surface area contributed by atoms with E-state index in [9.17, 15) is 5.11 Å². The number of hydrogen-bond acceptors (Lipinski definition) is 4. The van der Waals surface area contributed by atoms with E-state index in [1.165, 1.54) is 19.3 Å². The fraction of sp³-hybridized carbons (Fsp3) is 0.412. The molecule has 0 saturated heterocycles. The molecule has 0 saturated carbocycles. The number of imidazole rings is 1. The van der Waals surface area contributed by atoms with E-state index < -0.39 is 0 Å². The van der Waals surface area contributed by atoms with Crippen LogP contribution in [0.4, 0.5) is 5.82 Å². The summed E-state index contributed by atoms with van der Waals surface area (Å²) in [4.78, 5) is 9.06. The van der Waals surface area contributed by atoms with Crippen molar-refractivity contribution in [2.45, 2.75) is 39.2 Å². The molecule has 0 aliphatic heterocycles. The van der Waals surface area contributed by atoms with Gasteiger partial charge in [0.2, 0.25) is 0 Å². The average molecular weight is 367 g/mol. The Bertz CT molecular complexity index is 863. The molecule has 0 radical (unpaired) electrons. The van der Waals surface area contributed by atoms with E-state index in [1.807, 2.05) is 4.40 Å². The van der Waals surface area contributed by atoms with Crippen LogP contribution in [-0.2, 0) is 6.61 Å². The van der Waals surface area contributed by atoms with Crippen LogP contribution in [0, 0.1) is 0 Å². The molecular weight excluding hydrogens is 347 g/mol. The highest BCUT2D eigenvalue weighted by molar-refractivity contribution is 6.42. The van der Waals surface area contributed by atoms with Gasteiger partial charge in [0.1, 0.15) is 0 Å². The topological polar surface area (TPSA) is 62.5 Å². The van der Waals surface area contributed by atoms with Crippen molar-refractivity contribution in [2.24, 2.45) is 0 Å². The fourth-order valence-corrected chi connectivity index (χ4v) is 3.09. The van der Waals surface area contributed by atoms with Crippen LogP contribution in [0.5, 0.6) is 0 Å². The van der Waals surface area contributed by atoms with Crippen molar-refractivity contribution < 1.29 is 5.11 Å². The lowest BCUT2D eigenvalue weighted by atomic mass is 10.2. The zero-order valence-corrected chi connectivity index (χ0v) is 15.0. The number of hydrogen-bond donors (Lipinski definition) is 2. The summed E-state index contributed by atoms with van der Waals surface area (Å²) in [5.74, 6) is 0.692. The summed E-state index contributed by atoms with van der Waals surface area (Å²) in [6, 6.07) is 3.49. The summed E-state index contributed by atoms with van der Waals surface area (Å²) < 4.78 is 1.87. The van der Waals surface area contributed by atoms with Crippen molar-refractivity contribution in [3.8, 4) is 0 Å². The summed E-state index contributed by atoms with van der Waals surface area (Å²) >= 11 is 12.3. The summed E-state index contributed by atoms with van der Waals surface area (Å²) in [7, 11) is 0. The molecule has 0 aliphatic rings. The molecule has 7 heteroatoms. The second-order valence-electron chi connectivity index (χ2n) is 5.77. The Hall–Kier alpha value is -1.56. The van der Waals surface area contributed by atoms with Gasteiger partial charge in [-0.05, 0) is 18.6 Å². The minimum Gasteiger partial charge on any atom is -0.390 e. The molecule has 0 spiro atoms. The number of aromatic nitrogens is 3. The standard InChI is InChI=1S/C17H20Cl2N4O/c1-2-3-4-5-6-20-16-17-21-9-11(10-24)23(17)15-8-13(19)12(18)7-14(15)22-16/h7-9,24H,2-6,10H2,1H3,(H,20,22). The van der Waals surface area contributed by atoms with Crippen LogP contribution in [0.15, 0.2) is 18.3 Å². The SMILES string of the molecule is CCCCCCNc1nc2cc(Cl)c(Cl)cc2n2c(CO)cnc12. The van der Waals surface area contributed by atoms with Crippen molar-refractivity contribution in [2.75, 3.05) is 11.9 Å². The van der Waals surface area contributed by atoms with Crippen molar-refractivity contribution in [1.82, 2.24) is 14.4 Å². The van der Waals surface area contributed by atoms with Crippen LogP contribution in [0.1, 0.15) is 38.3 Å². The Kier molecular flexibility index (Phi) is 5.43. The number of halogens is 2. The largest absolute Gasteiger partial charge is 0.390 e. The van der Waals surface area contributed by atoms with E-state index in [2.05, 4.69) is 22.2 Å². The quantitative estimate of drug-likeness (QED) is 0.596. The van der Waals surface area contributed by atoms with Crippen molar-refractivity contribution in [3.63, 3.8) is 0 Å². The first-order valence-corrected chi connectivity index (χ1v) is 8.91. The molecule has 2 aromatic heterocycles. The second-order valence-corrected chi connectivity index (χ2v) is 6.58. The highest BCUT2D eigenvalue weighted by Gasteiger charge is 2.14. The van der Waals surface area contributed by atoms with Gasteiger partial charge < -0.3 is 10.4 Å². The lowest BCUT2D eigenvalue weighted by Gasteiger charge is -2.11. The highest BCUT2D eigenvalue weighted by Crippen LogP contribution is 2.30. The number of aliphatic hydroxyl groups excluding tert-OH is 1. The van der Waals surface area contributed by atoms with E-state index in [1.54, 1.807) is 18.3 Å². The first-order valence-electron chi connectivity index (χ1n) is 8.15. The zero-order chi connectivity index (χ0) is 17.1. The van der Waals surface area contributed by atoms with Gasteiger partial charge in [-0.25, -0.2) is 9.97 Å². The van der Waals surface area contributed by atoms with E-state index in [4.69, 9.17) is 23.2 Å². The predicted molar refractivity (Wildman–Crippen MR) is 99.1 cm³/mol. The van der Waals surface area contributed by atoms with Gasteiger partial charge >= 0.3 is 0 Å². The minimum atomic E-state index is -0.115. The van der Waals surface area contributed by atoms with E-state index >= 15 is 0 Å². The van der Waals surface area contributed by atoms with E-state index in [0.29, 0.717) is 32.7 Å². The number of fused-ring (bicyclic) bond motifs is 3. The molecule has 0 amide bonds. The third-order valence-corrected chi connectivity index (χ3v) is 4.74. The maximum Gasteiger partial charge on any atom is 0.180 e. The number of nitrogens with zero attached hydrogens (tertiary/aromatic N) is 3. The van der Waals surface area contributed by atoms with Crippen molar-refractivity contribution in [1.29, 1.82) is 0 Å². The Labute approximate surface area is 150 Å². The van der Waals surface area contributed by atoms with E-state index in [0.717, 1.165) is 18.5 Å². The summed E-state index contributed by atoms with van der Waals surface area (Å²) in [5.41, 5.74) is 2.85. The van der Waals surface area contributed by atoms with Crippen LogP contribution < -0.4 is 5.32 Å². The van der Waals surface area contributed by atoms with Gasteiger partial charge in [-0.1, -0.05) is 49.4 Å². The molecule has 2 N–H and O–H groups in total. The summed E-state index contributed by atoms with van der Waals surface area (Å²) in [5, 5.41) is 13.9. The van der Waals surface area contributed by atoms with Crippen LogP contribution in [0.25, 0.3) is 16.7 Å². The summed E-state index contributed by atoms with van der Waals surface area (Å²) in [6.45, 7) is 2.91. The van der Waals surface area contributed by atoms with Crippen LogP contribution >= 0.6 is 23.2 Å². The molecule has 1 aromatic carbocycles. The first-order chi connectivity index (χ1) is 11.7. The zero-order valence-electron chi connectivity index (χ0n) is 13.5. The maximum absolute atomic E-state index is 9.61. The Morgan fingerprint density at radius 2 is 1.96 bits per heavy atom. The normalized spacial score (nSPS) is 11.5. The van der Waals surface area contributed by atoms with E-state index in [-0.39, 0.29) is 6.61 Å². The van der Waals surface area contributed by atoms with Gasteiger partial charge in [-0.2, -0.15) is 0 Å². The molecule has 3 aromatic rings. The maximum atomic E-state index is 9.61. The number of aliphatic hydroxyl groups is 1. The second kappa shape index (κ2) is 7.55. The Morgan fingerprint density at radius 3 is 2.71 bits per heavy atom. The molecule has 0 unspecified atom stereocenters. The van der Waals surface area contributed by atoms with Crippen LogP contribution in [0.3, 0.4) is 0 Å². The Balaban J connectivity index is 2.04. The van der Waals surface area contributed by atoms with Gasteiger partial charge in [0, 0.05) is 6.54 Å². The highest BCUT2D eigenvalue weighted by atomic mass is 35.5. The number of nitrogens with one attached hydrogen (secondary N) is 1. The number of benzene rings is 1. The molecule has 0 fully saturated rings. The number of rotatable bonds is 7. The van der Waals surface area contributed by atoms with Crippen LogP contribution in [0.2, 0.25) is 10.0 Å². The van der Waals surface area contributed by atoms with Crippen molar-refractivity contribution >= 4 is 45.7 Å². The number of anilines is 1. The third kappa shape index (κ3) is 3.29. The molecular formula is C17H20Cl2N4O. The molecule has 0 aliphatic carbocycles. The molecule has 128 valence electrons. The fourth-order valence-electron chi connectivity index (χ4n) is 2.78. The third-order valence-electron chi connectivity index (χ3n) is 4.02. The lowest BCUT2D eigenvalue weighted by molar-refractivity contribution is 0.276. The van der Waals surface area contributed by atoms with Crippen molar-refractivity contribution in [3.05, 3.63) is 34.1 Å². The minimum absolute atomic E-state index is 0.115. The molecule has 0 bridgehead atoms. The molecule has 24 heavy (non-hydrogen) atoms. The number of unbranched alkanes of at least 4 members (excludes halogenated alkanes) is 3. The van der Waals surface area contributed by atoms with Crippen LogP contribution in [-0.4, -0.2) is 26.0 Å². The monoisotopic (exact) mass is 366 g/mol. The summed E-state index contributed by atoms with van der Waals surface area (Å²) in [6.07, 6.45) is 6.35. The predicted octanol–water partition coefficient (Wildman–Crippen LogP) is 4.67. The first kappa shape index (κ1) is 17.3. The molecule has 0 atom stereocenters. The Morgan fingerprint density at radius 1 is 1.17 bits per heavy atom. The lowest BCUT2D eigenvalue weighted by Crippen LogP contribution is -2.07. The van der Waals surface area contributed by atoms with Gasteiger partial charge in [0.25, 0.3) is 0 Å². The smallest absolute Gasteiger partial charge is 0.180 e. The van der Waals surface area contributed by atoms with Gasteiger partial charge in [-0.15, -0.1) is 0 Å². The van der Waals surface area contributed by atoms with Gasteiger partial charge in [0.15, 0.2) is 11.5 Å². The average Bonchev–Trinajstić information content (AvgIpc) is 3.01.